The zero-order chi connectivity index (χ0) is 21.9. The predicted molar refractivity (Wildman–Crippen MR) is 127 cm³/mol. The van der Waals surface area contributed by atoms with Crippen LogP contribution in [-0.4, -0.2) is 95.7 Å². The molecule has 5 rings (SSSR count). The van der Waals surface area contributed by atoms with Gasteiger partial charge in [0, 0.05) is 69.0 Å². The number of carbonyl (C=O) groups excluding carboxylic acids is 1. The van der Waals surface area contributed by atoms with Gasteiger partial charge in [-0.15, -0.1) is 10.2 Å². The molecule has 0 bridgehead atoms. The van der Waals surface area contributed by atoms with Crippen molar-refractivity contribution in [2.75, 3.05) is 63.8 Å². The lowest BCUT2D eigenvalue weighted by Gasteiger charge is -2.43. The van der Waals surface area contributed by atoms with Crippen molar-refractivity contribution in [3.63, 3.8) is 0 Å². The molecule has 7 nitrogen and oxygen atoms in total. The highest BCUT2D eigenvalue weighted by atomic mass is 35.5. The first-order valence-corrected chi connectivity index (χ1v) is 12.1. The molecule has 2 aliphatic heterocycles. The number of benzene rings is 1. The molecule has 0 spiro atoms. The molecule has 3 aliphatic rings. The van der Waals surface area contributed by atoms with Crippen LogP contribution >= 0.6 is 11.6 Å². The van der Waals surface area contributed by atoms with Gasteiger partial charge in [0.05, 0.1) is 12.2 Å². The summed E-state index contributed by atoms with van der Waals surface area (Å²) in [6.07, 6.45) is 4.05. The minimum Gasteiger partial charge on any atom is -0.353 e. The third-order valence-corrected chi connectivity index (χ3v) is 7.36. The first kappa shape index (κ1) is 21.6. The van der Waals surface area contributed by atoms with Crippen molar-refractivity contribution in [3.8, 4) is 11.3 Å². The highest BCUT2D eigenvalue weighted by Gasteiger charge is 2.30. The van der Waals surface area contributed by atoms with Crippen molar-refractivity contribution in [2.24, 2.45) is 0 Å². The molecule has 8 heteroatoms. The van der Waals surface area contributed by atoms with E-state index < -0.39 is 0 Å². The van der Waals surface area contributed by atoms with Crippen LogP contribution in [0.25, 0.3) is 11.3 Å². The molecule has 170 valence electrons. The van der Waals surface area contributed by atoms with Crippen LogP contribution < -0.4 is 4.90 Å². The van der Waals surface area contributed by atoms with Crippen LogP contribution in [-0.2, 0) is 4.79 Å². The van der Waals surface area contributed by atoms with E-state index in [4.69, 9.17) is 11.6 Å². The van der Waals surface area contributed by atoms with Gasteiger partial charge < -0.3 is 9.80 Å². The number of nitrogens with zero attached hydrogens (tertiary/aromatic N) is 6. The van der Waals surface area contributed by atoms with Crippen LogP contribution in [0.5, 0.6) is 0 Å². The Bertz CT molecular complexity index is 901. The molecule has 0 atom stereocenters. The Morgan fingerprint density at radius 2 is 1.59 bits per heavy atom. The molecule has 0 N–H and O–H groups in total. The number of hydrogen-bond donors (Lipinski definition) is 0. The molecule has 0 unspecified atom stereocenters. The van der Waals surface area contributed by atoms with Crippen LogP contribution in [0.4, 0.5) is 5.82 Å². The summed E-state index contributed by atoms with van der Waals surface area (Å²) in [4.78, 5) is 21.9. The van der Waals surface area contributed by atoms with Gasteiger partial charge >= 0.3 is 0 Å². The summed E-state index contributed by atoms with van der Waals surface area (Å²) in [5.74, 6) is 1.17. The number of rotatable bonds is 5. The third kappa shape index (κ3) is 4.90. The molecule has 1 aromatic heterocycles. The lowest BCUT2D eigenvalue weighted by molar-refractivity contribution is -0.134. The topological polar surface area (TPSA) is 55.8 Å². The Morgan fingerprint density at radius 3 is 2.19 bits per heavy atom. The number of halogens is 1. The largest absolute Gasteiger partial charge is 0.353 e. The monoisotopic (exact) mass is 454 g/mol. The van der Waals surface area contributed by atoms with Gasteiger partial charge in [0.25, 0.3) is 0 Å². The van der Waals surface area contributed by atoms with E-state index in [0.717, 1.165) is 75.5 Å². The molecule has 1 aromatic carbocycles. The number of carbonyl (C=O) groups is 1. The maximum Gasteiger partial charge on any atom is 0.236 e. The van der Waals surface area contributed by atoms with E-state index in [1.165, 1.54) is 19.3 Å². The number of anilines is 1. The average Bonchev–Trinajstić information content (AvgIpc) is 2.80. The molecular formula is C24H31ClN6O. The lowest BCUT2D eigenvalue weighted by atomic mass is 9.91. The molecule has 3 fully saturated rings. The first-order chi connectivity index (χ1) is 15.7. The summed E-state index contributed by atoms with van der Waals surface area (Å²) in [6, 6.07) is 12.4. The highest BCUT2D eigenvalue weighted by molar-refractivity contribution is 6.30. The van der Waals surface area contributed by atoms with Gasteiger partial charge in [-0.25, -0.2) is 0 Å². The van der Waals surface area contributed by atoms with E-state index in [-0.39, 0.29) is 5.91 Å². The molecule has 1 amide bonds. The molecule has 32 heavy (non-hydrogen) atoms. The molecule has 2 saturated heterocycles. The van der Waals surface area contributed by atoms with E-state index in [2.05, 4.69) is 29.8 Å². The van der Waals surface area contributed by atoms with E-state index in [1.807, 2.05) is 36.4 Å². The van der Waals surface area contributed by atoms with Crippen molar-refractivity contribution in [1.82, 2.24) is 24.9 Å². The smallest absolute Gasteiger partial charge is 0.236 e. The van der Waals surface area contributed by atoms with Gasteiger partial charge in [0.1, 0.15) is 0 Å². The maximum absolute atomic E-state index is 12.8. The first-order valence-electron chi connectivity index (χ1n) is 11.7. The summed E-state index contributed by atoms with van der Waals surface area (Å²) in [6.45, 7) is 7.82. The van der Waals surface area contributed by atoms with Gasteiger partial charge in [0.15, 0.2) is 5.82 Å². The standard InChI is InChI=1S/C24H31ClN6O/c25-20-6-4-19(5-7-20)22-8-9-23(27-26-22)30-12-10-28(11-13-30)18-24(32)31-16-14-29(15-17-31)21-2-1-3-21/h4-9,21H,1-3,10-18H2. The minimum absolute atomic E-state index is 0.277. The van der Waals surface area contributed by atoms with Gasteiger partial charge in [-0.2, -0.15) is 0 Å². The molecule has 2 aromatic rings. The van der Waals surface area contributed by atoms with E-state index in [9.17, 15) is 4.79 Å². The third-order valence-electron chi connectivity index (χ3n) is 7.10. The van der Waals surface area contributed by atoms with E-state index >= 15 is 0 Å². The number of piperazine rings is 2. The van der Waals surface area contributed by atoms with Crippen LogP contribution in [0.2, 0.25) is 5.02 Å². The summed E-state index contributed by atoms with van der Waals surface area (Å²) < 4.78 is 0. The van der Waals surface area contributed by atoms with Gasteiger partial charge in [-0.1, -0.05) is 30.2 Å². The quantitative estimate of drug-likeness (QED) is 0.692. The minimum atomic E-state index is 0.277. The number of aromatic nitrogens is 2. The van der Waals surface area contributed by atoms with E-state index in [0.29, 0.717) is 11.6 Å². The van der Waals surface area contributed by atoms with Crippen LogP contribution in [0, 0.1) is 0 Å². The maximum atomic E-state index is 12.8. The SMILES string of the molecule is O=C(CN1CCN(c2ccc(-c3ccc(Cl)cc3)nn2)CC1)N1CCN(C2CCC2)CC1. The van der Waals surface area contributed by atoms with Gasteiger partial charge in [0.2, 0.25) is 5.91 Å². The molecule has 3 heterocycles. The normalized spacial score (nSPS) is 20.9. The van der Waals surface area contributed by atoms with Crippen molar-refractivity contribution in [1.29, 1.82) is 0 Å². The van der Waals surface area contributed by atoms with E-state index in [1.54, 1.807) is 0 Å². The predicted octanol–water partition coefficient (Wildman–Crippen LogP) is 2.62. The zero-order valence-electron chi connectivity index (χ0n) is 18.5. The summed E-state index contributed by atoms with van der Waals surface area (Å²) in [5, 5.41) is 9.55. The Morgan fingerprint density at radius 1 is 0.875 bits per heavy atom. The molecule has 1 saturated carbocycles. The fourth-order valence-corrected chi connectivity index (χ4v) is 4.91. The fourth-order valence-electron chi connectivity index (χ4n) is 4.78. The second-order valence-corrected chi connectivity index (χ2v) is 9.48. The van der Waals surface area contributed by atoms with Crippen LogP contribution in [0.15, 0.2) is 36.4 Å². The summed E-state index contributed by atoms with van der Waals surface area (Å²) in [7, 11) is 0. The Labute approximate surface area is 194 Å². The Hall–Kier alpha value is -2.22. The second kappa shape index (κ2) is 9.73. The fraction of sp³-hybridized carbons (Fsp3) is 0.542. The van der Waals surface area contributed by atoms with Crippen molar-refractivity contribution >= 4 is 23.3 Å². The lowest BCUT2D eigenvalue weighted by Crippen LogP contribution is -2.56. The summed E-state index contributed by atoms with van der Waals surface area (Å²) >= 11 is 5.97. The van der Waals surface area contributed by atoms with Crippen molar-refractivity contribution in [3.05, 3.63) is 41.4 Å². The zero-order valence-corrected chi connectivity index (χ0v) is 19.3. The van der Waals surface area contributed by atoms with Crippen LogP contribution in [0.1, 0.15) is 19.3 Å². The van der Waals surface area contributed by atoms with Gasteiger partial charge in [-0.05, 0) is 37.1 Å². The number of amides is 1. The Kier molecular flexibility index (Phi) is 6.57. The molecular weight excluding hydrogens is 424 g/mol. The van der Waals surface area contributed by atoms with Crippen LogP contribution in [0.3, 0.4) is 0 Å². The molecule has 0 radical (unpaired) electrons. The van der Waals surface area contributed by atoms with Gasteiger partial charge in [-0.3, -0.25) is 14.6 Å². The number of hydrogen-bond acceptors (Lipinski definition) is 6. The van der Waals surface area contributed by atoms with Crippen molar-refractivity contribution in [2.45, 2.75) is 25.3 Å². The summed E-state index contributed by atoms with van der Waals surface area (Å²) in [5.41, 5.74) is 1.84. The molecule has 1 aliphatic carbocycles. The van der Waals surface area contributed by atoms with Crippen molar-refractivity contribution < 1.29 is 4.79 Å². The average molecular weight is 455 g/mol. The highest BCUT2D eigenvalue weighted by Crippen LogP contribution is 2.25. The Balaban J connectivity index is 1.08. The second-order valence-electron chi connectivity index (χ2n) is 9.05.